The second kappa shape index (κ2) is 14.8. The maximum absolute atomic E-state index is 12.2. The van der Waals surface area contributed by atoms with E-state index in [1.807, 2.05) is 37.3 Å². The second-order valence-electron chi connectivity index (χ2n) is 7.93. The van der Waals surface area contributed by atoms with Crippen molar-refractivity contribution >= 4 is 46.2 Å². The number of carbonyl (C=O) groups is 1. The molecular formula is C29H28Cl2N2O6. The molecule has 0 saturated carbocycles. The highest BCUT2D eigenvalue weighted by atomic mass is 35.5. The van der Waals surface area contributed by atoms with E-state index in [2.05, 4.69) is 10.3 Å². The number of carbonyl (C=O) groups excluding carboxylic acids is 1. The maximum Gasteiger partial charge on any atom is 0.341 e. The van der Waals surface area contributed by atoms with Gasteiger partial charge in [0.2, 0.25) is 0 Å². The van der Waals surface area contributed by atoms with Crippen LogP contribution in [0.25, 0.3) is 5.57 Å². The van der Waals surface area contributed by atoms with E-state index in [9.17, 15) is 4.79 Å². The predicted molar refractivity (Wildman–Crippen MR) is 152 cm³/mol. The Labute approximate surface area is 237 Å². The molecule has 0 bridgehead atoms. The minimum Gasteiger partial charge on any atom is -0.503 e. The molecule has 10 heteroatoms. The first-order valence-corrected chi connectivity index (χ1v) is 12.6. The van der Waals surface area contributed by atoms with E-state index in [1.54, 1.807) is 43.3 Å². The molecule has 0 unspecified atom stereocenters. The molecule has 3 aromatic carbocycles. The molecule has 0 N–H and O–H groups in total. The molecule has 0 aromatic heterocycles. The first kappa shape index (κ1) is 29.5. The van der Waals surface area contributed by atoms with Gasteiger partial charge in [-0.3, -0.25) is 0 Å². The van der Waals surface area contributed by atoms with Gasteiger partial charge in [-0.1, -0.05) is 57.8 Å². The lowest BCUT2D eigenvalue weighted by atomic mass is 10.0. The van der Waals surface area contributed by atoms with Crippen LogP contribution in [0.5, 0.6) is 11.5 Å². The quantitative estimate of drug-likeness (QED) is 0.0747. The van der Waals surface area contributed by atoms with Crippen molar-refractivity contribution in [3.05, 3.63) is 99.7 Å². The van der Waals surface area contributed by atoms with Crippen molar-refractivity contribution in [2.75, 3.05) is 20.8 Å². The Hall–Kier alpha value is -4.01. The molecule has 8 nitrogen and oxygen atoms in total. The third-order valence-corrected chi connectivity index (χ3v) is 5.99. The number of benzene rings is 3. The molecule has 0 aliphatic heterocycles. The number of hydrogen-bond acceptors (Lipinski definition) is 8. The van der Waals surface area contributed by atoms with Crippen molar-refractivity contribution in [2.24, 2.45) is 10.3 Å². The maximum atomic E-state index is 12.2. The first-order chi connectivity index (χ1) is 18.9. The number of rotatable bonds is 12. The summed E-state index contributed by atoms with van der Waals surface area (Å²) in [5.41, 5.74) is 3.31. The van der Waals surface area contributed by atoms with E-state index >= 15 is 0 Å². The Balaban J connectivity index is 1.77. The van der Waals surface area contributed by atoms with Crippen molar-refractivity contribution in [2.45, 2.75) is 20.5 Å². The highest BCUT2D eigenvalue weighted by Crippen LogP contribution is 2.29. The number of oxime groups is 2. The van der Waals surface area contributed by atoms with Crippen LogP contribution in [0, 0.1) is 0 Å². The fraction of sp³-hybridized carbons (Fsp3) is 0.207. The van der Waals surface area contributed by atoms with Crippen molar-refractivity contribution in [1.82, 2.24) is 0 Å². The summed E-state index contributed by atoms with van der Waals surface area (Å²) in [5, 5.41) is 9.33. The Morgan fingerprint density at radius 3 is 2.28 bits per heavy atom. The number of methoxy groups -OCH3 is 2. The minimum absolute atomic E-state index is 0.0872. The topological polar surface area (TPSA) is 87.9 Å². The van der Waals surface area contributed by atoms with Crippen LogP contribution in [0.15, 0.2) is 83.3 Å². The normalized spacial score (nSPS) is 12.1. The zero-order valence-corrected chi connectivity index (χ0v) is 23.5. The van der Waals surface area contributed by atoms with E-state index in [1.165, 1.54) is 20.5 Å². The molecule has 0 spiro atoms. The minimum atomic E-state index is -0.526. The monoisotopic (exact) mass is 570 g/mol. The number of esters is 1. The summed E-state index contributed by atoms with van der Waals surface area (Å²) >= 11 is 12.0. The van der Waals surface area contributed by atoms with E-state index in [0.717, 1.165) is 11.1 Å². The summed E-state index contributed by atoms with van der Waals surface area (Å²) < 4.78 is 15.8. The van der Waals surface area contributed by atoms with Crippen LogP contribution in [0.1, 0.15) is 30.5 Å². The molecule has 0 atom stereocenters. The lowest BCUT2D eigenvalue weighted by molar-refractivity contribution is -0.133. The summed E-state index contributed by atoms with van der Waals surface area (Å²) in [7, 11) is 2.77. The van der Waals surface area contributed by atoms with E-state index in [4.69, 9.17) is 47.1 Å². The molecule has 0 aliphatic rings. The fourth-order valence-corrected chi connectivity index (χ4v) is 3.70. The van der Waals surface area contributed by atoms with Crippen LogP contribution in [-0.2, 0) is 30.6 Å². The van der Waals surface area contributed by atoms with Crippen molar-refractivity contribution in [3.63, 3.8) is 0 Å². The summed E-state index contributed by atoms with van der Waals surface area (Å²) in [6.07, 6.45) is 1.33. The lowest BCUT2D eigenvalue weighted by Crippen LogP contribution is -2.14. The molecular weight excluding hydrogens is 543 g/mol. The van der Waals surface area contributed by atoms with Crippen LogP contribution in [0.2, 0.25) is 10.0 Å². The molecule has 204 valence electrons. The average molecular weight is 571 g/mol. The van der Waals surface area contributed by atoms with Gasteiger partial charge in [0, 0.05) is 17.2 Å². The number of ether oxygens (including phenoxy) is 3. The summed E-state index contributed by atoms with van der Waals surface area (Å²) in [6, 6.07) is 19.5. The van der Waals surface area contributed by atoms with E-state index in [0.29, 0.717) is 45.1 Å². The second-order valence-corrected chi connectivity index (χ2v) is 8.74. The van der Waals surface area contributed by atoms with Gasteiger partial charge in [0.25, 0.3) is 0 Å². The first-order valence-electron chi connectivity index (χ1n) is 11.9. The lowest BCUT2D eigenvalue weighted by Gasteiger charge is -2.12. The summed E-state index contributed by atoms with van der Waals surface area (Å²) in [6.45, 7) is 4.06. The molecule has 0 heterocycles. The number of halogens is 2. The zero-order valence-electron chi connectivity index (χ0n) is 21.9. The largest absolute Gasteiger partial charge is 0.503 e. The van der Waals surface area contributed by atoms with E-state index in [-0.39, 0.29) is 12.2 Å². The number of hydrogen-bond donors (Lipinski definition) is 0. The van der Waals surface area contributed by atoms with Gasteiger partial charge in [0.05, 0.1) is 30.5 Å². The Bertz CT molecular complexity index is 1370. The van der Waals surface area contributed by atoms with Crippen LogP contribution < -0.4 is 4.74 Å². The molecule has 0 radical (unpaired) electrons. The SMILES string of the molecule is CCON=C(C(C)=NOCc1ccccc1C(=COC)C(=O)OC)c1ccc(Oc2ccc(Cl)c(Cl)c2)cc1. The molecule has 39 heavy (non-hydrogen) atoms. The van der Waals surface area contributed by atoms with Crippen molar-refractivity contribution in [1.29, 1.82) is 0 Å². The molecule has 0 amide bonds. The number of nitrogens with zero attached hydrogens (tertiary/aromatic N) is 2. The highest BCUT2D eigenvalue weighted by molar-refractivity contribution is 6.47. The Morgan fingerprint density at radius 1 is 0.897 bits per heavy atom. The van der Waals surface area contributed by atoms with Gasteiger partial charge in [-0.05, 0) is 55.8 Å². The van der Waals surface area contributed by atoms with Gasteiger partial charge in [-0.15, -0.1) is 0 Å². The van der Waals surface area contributed by atoms with Crippen LogP contribution in [0.3, 0.4) is 0 Å². The Kier molecular flexibility index (Phi) is 11.2. The van der Waals surface area contributed by atoms with Gasteiger partial charge in [-0.2, -0.15) is 0 Å². The highest BCUT2D eigenvalue weighted by Gasteiger charge is 2.17. The van der Waals surface area contributed by atoms with Gasteiger partial charge < -0.3 is 23.9 Å². The van der Waals surface area contributed by atoms with E-state index < -0.39 is 5.97 Å². The molecule has 0 aliphatic carbocycles. The van der Waals surface area contributed by atoms with Gasteiger partial charge in [0.15, 0.2) is 0 Å². The zero-order chi connectivity index (χ0) is 28.2. The van der Waals surface area contributed by atoms with Gasteiger partial charge in [-0.25, -0.2) is 4.79 Å². The van der Waals surface area contributed by atoms with Crippen molar-refractivity contribution in [3.8, 4) is 11.5 Å². The molecule has 0 saturated heterocycles. The smallest absolute Gasteiger partial charge is 0.341 e. The summed E-state index contributed by atoms with van der Waals surface area (Å²) in [5.74, 6) is 0.630. The molecule has 3 aromatic rings. The Morgan fingerprint density at radius 2 is 1.62 bits per heavy atom. The fourth-order valence-electron chi connectivity index (χ4n) is 3.41. The third kappa shape index (κ3) is 8.24. The van der Waals surface area contributed by atoms with Crippen molar-refractivity contribution < 1.29 is 28.7 Å². The predicted octanol–water partition coefficient (Wildman–Crippen LogP) is 7.28. The standard InChI is InChI=1S/C29H28Cl2N2O6/c1-5-37-33-28(20-10-12-22(13-11-20)39-23-14-15-26(30)27(31)16-23)19(2)32-38-17-21-8-6-7-9-24(21)25(18-35-3)29(34)36-4/h6-16,18H,5,17H2,1-4H3. The third-order valence-electron chi connectivity index (χ3n) is 5.25. The average Bonchev–Trinajstić information content (AvgIpc) is 2.95. The molecule has 0 fully saturated rings. The van der Waals surface area contributed by atoms with Crippen LogP contribution in [-0.4, -0.2) is 38.2 Å². The van der Waals surface area contributed by atoms with Gasteiger partial charge >= 0.3 is 5.97 Å². The van der Waals surface area contributed by atoms with Crippen LogP contribution in [0.4, 0.5) is 0 Å². The van der Waals surface area contributed by atoms with Crippen LogP contribution >= 0.6 is 23.2 Å². The molecule has 3 rings (SSSR count). The van der Waals surface area contributed by atoms with Gasteiger partial charge in [0.1, 0.15) is 41.7 Å². The summed E-state index contributed by atoms with van der Waals surface area (Å²) in [4.78, 5) is 23.2.